The van der Waals surface area contributed by atoms with Crippen molar-refractivity contribution in [1.82, 2.24) is 5.32 Å². The zero-order valence-corrected chi connectivity index (χ0v) is 13.1. The molecule has 0 aliphatic rings. The van der Waals surface area contributed by atoms with Crippen molar-refractivity contribution in [2.45, 2.75) is 39.3 Å². The summed E-state index contributed by atoms with van der Waals surface area (Å²) in [4.78, 5) is 12.0. The quantitative estimate of drug-likeness (QED) is 0.791. The van der Waals surface area contributed by atoms with E-state index in [1.165, 1.54) is 6.26 Å². The summed E-state index contributed by atoms with van der Waals surface area (Å²) in [5.74, 6) is 0.503. The fraction of sp³-hybridized carbons (Fsp3) is 0.353. The van der Waals surface area contributed by atoms with Crippen molar-refractivity contribution < 1.29 is 14.3 Å². The van der Waals surface area contributed by atoms with Crippen molar-refractivity contribution >= 4 is 11.7 Å². The van der Waals surface area contributed by atoms with Crippen LogP contribution >= 0.6 is 0 Å². The van der Waals surface area contributed by atoms with Gasteiger partial charge in [-0.05, 0) is 50.1 Å². The number of hydrogen-bond donors (Lipinski definition) is 3. The van der Waals surface area contributed by atoms with Crippen LogP contribution in [0.2, 0.25) is 0 Å². The highest BCUT2D eigenvalue weighted by Crippen LogP contribution is 2.19. The van der Waals surface area contributed by atoms with Gasteiger partial charge >= 0.3 is 6.03 Å². The molecule has 0 aliphatic carbocycles. The summed E-state index contributed by atoms with van der Waals surface area (Å²) < 4.78 is 5.15. The fourth-order valence-corrected chi connectivity index (χ4v) is 2.26. The number of carbonyl (C=O) groups excluding carboxylic acids is 1. The number of hydrogen-bond acceptors (Lipinski definition) is 3. The minimum Gasteiger partial charge on any atom is -0.467 e. The summed E-state index contributed by atoms with van der Waals surface area (Å²) in [6, 6.07) is 8.74. The van der Waals surface area contributed by atoms with Gasteiger partial charge in [0, 0.05) is 18.2 Å². The number of aliphatic hydroxyl groups excluding tert-OH is 1. The van der Waals surface area contributed by atoms with Gasteiger partial charge in [-0.25, -0.2) is 4.79 Å². The molecule has 0 spiro atoms. The first-order valence-corrected chi connectivity index (χ1v) is 7.32. The molecular formula is C17H22N2O3. The van der Waals surface area contributed by atoms with Crippen LogP contribution in [0.25, 0.3) is 0 Å². The normalized spacial score (nSPS) is 13.5. The number of carbonyl (C=O) groups is 1. The molecule has 1 heterocycles. The van der Waals surface area contributed by atoms with E-state index in [0.29, 0.717) is 12.2 Å². The molecule has 1 aromatic heterocycles. The number of nitrogens with one attached hydrogen (secondary N) is 2. The zero-order valence-electron chi connectivity index (χ0n) is 13.1. The number of furan rings is 1. The van der Waals surface area contributed by atoms with E-state index in [2.05, 4.69) is 10.6 Å². The average molecular weight is 302 g/mol. The summed E-state index contributed by atoms with van der Waals surface area (Å²) >= 11 is 0. The molecule has 0 bridgehead atoms. The lowest BCUT2D eigenvalue weighted by molar-refractivity contribution is 0.130. The van der Waals surface area contributed by atoms with Crippen LogP contribution in [0.3, 0.4) is 0 Å². The van der Waals surface area contributed by atoms with E-state index in [-0.39, 0.29) is 12.1 Å². The Morgan fingerprint density at radius 1 is 1.27 bits per heavy atom. The number of urea groups is 1. The number of rotatable bonds is 5. The molecule has 5 nitrogen and oxygen atoms in total. The predicted molar refractivity (Wildman–Crippen MR) is 85.8 cm³/mol. The lowest BCUT2D eigenvalue weighted by atomic mass is 10.1. The van der Waals surface area contributed by atoms with Gasteiger partial charge < -0.3 is 20.2 Å². The van der Waals surface area contributed by atoms with Gasteiger partial charge in [-0.3, -0.25) is 0 Å². The molecule has 22 heavy (non-hydrogen) atoms. The Hall–Kier alpha value is -2.27. The fourth-order valence-electron chi connectivity index (χ4n) is 2.26. The maximum atomic E-state index is 12.0. The van der Waals surface area contributed by atoms with Gasteiger partial charge in [-0.1, -0.05) is 12.1 Å². The second kappa shape index (κ2) is 7.13. The molecule has 2 rings (SSSR count). The standard InChI is InChI=1S/C17H22N2O3/c1-11-6-4-7-14(13(11)3)19-17(21)18-12(2)10-15(20)16-8-5-9-22-16/h4-9,12,15,20H,10H2,1-3H3,(H2,18,19,21). The van der Waals surface area contributed by atoms with E-state index in [1.54, 1.807) is 12.1 Å². The molecular weight excluding hydrogens is 280 g/mol. The van der Waals surface area contributed by atoms with Crippen molar-refractivity contribution in [3.63, 3.8) is 0 Å². The number of anilines is 1. The predicted octanol–water partition coefficient (Wildman–Crippen LogP) is 3.53. The van der Waals surface area contributed by atoms with Gasteiger partial charge in [0.15, 0.2) is 0 Å². The Bertz CT molecular complexity index is 623. The molecule has 2 aromatic rings. The monoisotopic (exact) mass is 302 g/mol. The maximum Gasteiger partial charge on any atom is 0.319 e. The zero-order chi connectivity index (χ0) is 16.1. The maximum absolute atomic E-state index is 12.0. The first-order chi connectivity index (χ1) is 10.5. The van der Waals surface area contributed by atoms with Crippen molar-refractivity contribution in [2.24, 2.45) is 0 Å². The number of benzene rings is 1. The molecule has 1 aromatic carbocycles. The lowest BCUT2D eigenvalue weighted by Crippen LogP contribution is -2.37. The smallest absolute Gasteiger partial charge is 0.319 e. The Morgan fingerprint density at radius 2 is 2.05 bits per heavy atom. The largest absolute Gasteiger partial charge is 0.467 e. The highest BCUT2D eigenvalue weighted by molar-refractivity contribution is 5.90. The van der Waals surface area contributed by atoms with Crippen LogP contribution in [0.5, 0.6) is 0 Å². The second-order valence-electron chi connectivity index (χ2n) is 5.51. The number of amides is 2. The molecule has 0 radical (unpaired) electrons. The minimum atomic E-state index is -0.731. The SMILES string of the molecule is Cc1cccc(NC(=O)NC(C)CC(O)c2ccco2)c1C. The third-order valence-corrected chi connectivity index (χ3v) is 3.68. The summed E-state index contributed by atoms with van der Waals surface area (Å²) in [5, 5.41) is 15.6. The molecule has 0 aliphatic heterocycles. The van der Waals surface area contributed by atoms with Crippen molar-refractivity contribution in [2.75, 3.05) is 5.32 Å². The van der Waals surface area contributed by atoms with Gasteiger partial charge in [-0.2, -0.15) is 0 Å². The summed E-state index contributed by atoms with van der Waals surface area (Å²) in [6.07, 6.45) is 1.17. The molecule has 2 unspecified atom stereocenters. The van der Waals surface area contributed by atoms with Crippen molar-refractivity contribution in [3.8, 4) is 0 Å². The summed E-state index contributed by atoms with van der Waals surface area (Å²) in [5.41, 5.74) is 2.95. The van der Waals surface area contributed by atoms with Crippen LogP contribution in [-0.4, -0.2) is 17.2 Å². The van der Waals surface area contributed by atoms with Crippen LogP contribution in [0.4, 0.5) is 10.5 Å². The average Bonchev–Trinajstić information content (AvgIpc) is 2.97. The number of aliphatic hydroxyl groups is 1. The van der Waals surface area contributed by atoms with Gasteiger partial charge in [0.05, 0.1) is 6.26 Å². The third-order valence-electron chi connectivity index (χ3n) is 3.68. The van der Waals surface area contributed by atoms with Crippen LogP contribution in [-0.2, 0) is 0 Å². The molecule has 2 atom stereocenters. The van der Waals surface area contributed by atoms with Crippen molar-refractivity contribution in [3.05, 3.63) is 53.5 Å². The topological polar surface area (TPSA) is 74.5 Å². The summed E-state index contributed by atoms with van der Waals surface area (Å²) in [6.45, 7) is 5.81. The Labute approximate surface area is 130 Å². The van der Waals surface area contributed by atoms with E-state index >= 15 is 0 Å². The Kier molecular flexibility index (Phi) is 5.22. The lowest BCUT2D eigenvalue weighted by Gasteiger charge is -2.18. The molecule has 2 amide bonds. The first-order valence-electron chi connectivity index (χ1n) is 7.32. The van der Waals surface area contributed by atoms with E-state index in [1.807, 2.05) is 39.0 Å². The van der Waals surface area contributed by atoms with Gasteiger partial charge in [-0.15, -0.1) is 0 Å². The molecule has 0 saturated heterocycles. The van der Waals surface area contributed by atoms with E-state index in [0.717, 1.165) is 16.8 Å². The highest BCUT2D eigenvalue weighted by atomic mass is 16.4. The van der Waals surface area contributed by atoms with Crippen LogP contribution in [0.1, 0.15) is 36.3 Å². The van der Waals surface area contributed by atoms with Crippen molar-refractivity contribution in [1.29, 1.82) is 0 Å². The highest BCUT2D eigenvalue weighted by Gasteiger charge is 2.16. The third kappa shape index (κ3) is 4.11. The minimum absolute atomic E-state index is 0.190. The van der Waals surface area contributed by atoms with Gasteiger partial charge in [0.2, 0.25) is 0 Å². The Balaban J connectivity index is 1.87. The van der Waals surface area contributed by atoms with Gasteiger partial charge in [0.1, 0.15) is 11.9 Å². The van der Waals surface area contributed by atoms with Crippen LogP contribution in [0.15, 0.2) is 41.0 Å². The van der Waals surface area contributed by atoms with Crippen LogP contribution < -0.4 is 10.6 Å². The summed E-state index contributed by atoms with van der Waals surface area (Å²) in [7, 11) is 0. The first kappa shape index (κ1) is 16.1. The molecule has 118 valence electrons. The second-order valence-corrected chi connectivity index (χ2v) is 5.51. The van der Waals surface area contributed by atoms with E-state index in [4.69, 9.17) is 4.42 Å². The number of aryl methyl sites for hydroxylation is 1. The Morgan fingerprint density at radius 3 is 2.73 bits per heavy atom. The van der Waals surface area contributed by atoms with E-state index in [9.17, 15) is 9.90 Å². The molecule has 3 N–H and O–H groups in total. The molecule has 0 saturated carbocycles. The molecule has 5 heteroatoms. The molecule has 0 fully saturated rings. The van der Waals surface area contributed by atoms with E-state index < -0.39 is 6.10 Å². The van der Waals surface area contributed by atoms with Crippen LogP contribution in [0, 0.1) is 13.8 Å². The van der Waals surface area contributed by atoms with Gasteiger partial charge in [0.25, 0.3) is 0 Å².